The Bertz CT molecular complexity index is 1360. The normalized spacial score (nSPS) is 10.9. The lowest BCUT2D eigenvalue weighted by Gasteiger charge is -2.14. The van der Waals surface area contributed by atoms with Crippen LogP contribution in [0.5, 0.6) is 11.5 Å². The summed E-state index contributed by atoms with van der Waals surface area (Å²) in [5.41, 5.74) is 2.59. The van der Waals surface area contributed by atoms with Gasteiger partial charge in [-0.3, -0.25) is 14.9 Å². The lowest BCUT2D eigenvalue weighted by molar-refractivity contribution is -0.384. The highest BCUT2D eigenvalue weighted by molar-refractivity contribution is 6.32. The molecule has 35 heavy (non-hydrogen) atoms. The molecule has 0 atom stereocenters. The van der Waals surface area contributed by atoms with Crippen molar-refractivity contribution in [1.29, 1.82) is 5.26 Å². The van der Waals surface area contributed by atoms with Gasteiger partial charge in [0.15, 0.2) is 11.5 Å². The number of ether oxygens (including phenoxy) is 2. The summed E-state index contributed by atoms with van der Waals surface area (Å²) in [6, 6.07) is 17.1. The van der Waals surface area contributed by atoms with E-state index < -0.39 is 10.8 Å². The van der Waals surface area contributed by atoms with Gasteiger partial charge in [-0.1, -0.05) is 41.9 Å². The summed E-state index contributed by atoms with van der Waals surface area (Å²) >= 11 is 6.43. The maximum absolute atomic E-state index is 12.7. The van der Waals surface area contributed by atoms with Crippen molar-refractivity contribution in [3.05, 3.63) is 97.6 Å². The predicted octanol–water partition coefficient (Wildman–Crippen LogP) is 6.00. The summed E-state index contributed by atoms with van der Waals surface area (Å²) in [5.74, 6) is -0.147. The summed E-state index contributed by atoms with van der Waals surface area (Å²) < 4.78 is 11.3. The Balaban J connectivity index is 1.86. The van der Waals surface area contributed by atoms with Gasteiger partial charge in [-0.05, 0) is 60.4 Å². The van der Waals surface area contributed by atoms with Crippen LogP contribution in [0.15, 0.2) is 60.2 Å². The molecule has 0 aromatic heterocycles. The second-order valence-electron chi connectivity index (χ2n) is 7.65. The van der Waals surface area contributed by atoms with Crippen molar-refractivity contribution in [2.24, 2.45) is 0 Å². The molecule has 9 heteroatoms. The molecule has 3 aromatic carbocycles. The monoisotopic (exact) mass is 491 g/mol. The lowest BCUT2D eigenvalue weighted by atomic mass is 10.1. The van der Waals surface area contributed by atoms with E-state index in [9.17, 15) is 20.2 Å². The quantitative estimate of drug-likeness (QED) is 0.179. The van der Waals surface area contributed by atoms with Crippen molar-refractivity contribution in [2.45, 2.75) is 20.5 Å². The summed E-state index contributed by atoms with van der Waals surface area (Å²) in [7, 11) is 1.45. The number of nitriles is 1. The number of aryl methyl sites for hydroxylation is 2. The minimum atomic E-state index is -0.797. The molecule has 0 aliphatic heterocycles. The predicted molar refractivity (Wildman–Crippen MR) is 134 cm³/mol. The Morgan fingerprint density at radius 3 is 2.60 bits per heavy atom. The number of nitro benzene ring substituents is 1. The van der Waals surface area contributed by atoms with Gasteiger partial charge in [0.2, 0.25) is 0 Å². The van der Waals surface area contributed by atoms with Crippen molar-refractivity contribution >= 4 is 35.0 Å². The van der Waals surface area contributed by atoms with Gasteiger partial charge in [-0.25, -0.2) is 0 Å². The molecule has 0 aliphatic carbocycles. The number of carbonyl (C=O) groups is 1. The van der Waals surface area contributed by atoms with Crippen LogP contribution in [0, 0.1) is 35.3 Å². The zero-order valence-electron chi connectivity index (χ0n) is 19.3. The van der Waals surface area contributed by atoms with Gasteiger partial charge in [-0.15, -0.1) is 0 Å². The molecule has 1 amide bonds. The van der Waals surface area contributed by atoms with E-state index in [0.29, 0.717) is 22.6 Å². The first-order valence-corrected chi connectivity index (χ1v) is 10.8. The molecule has 0 aliphatic rings. The maximum atomic E-state index is 12.7. The number of amides is 1. The highest BCUT2D eigenvalue weighted by Gasteiger charge is 2.19. The third kappa shape index (κ3) is 6.16. The van der Waals surface area contributed by atoms with Crippen LogP contribution in [-0.2, 0) is 11.4 Å². The van der Waals surface area contributed by atoms with E-state index in [1.165, 1.54) is 31.4 Å². The number of anilines is 1. The first-order valence-electron chi connectivity index (χ1n) is 10.5. The van der Waals surface area contributed by atoms with Crippen LogP contribution in [-0.4, -0.2) is 17.9 Å². The number of hydrogen-bond acceptors (Lipinski definition) is 6. The van der Waals surface area contributed by atoms with Crippen LogP contribution in [0.25, 0.3) is 6.08 Å². The average Bonchev–Trinajstić information content (AvgIpc) is 2.83. The third-order valence-corrected chi connectivity index (χ3v) is 5.44. The number of halogens is 1. The van der Waals surface area contributed by atoms with E-state index in [4.69, 9.17) is 21.1 Å². The minimum Gasteiger partial charge on any atom is -0.493 e. The van der Waals surface area contributed by atoms with Gasteiger partial charge in [0.05, 0.1) is 17.1 Å². The molecule has 3 aromatic rings. The van der Waals surface area contributed by atoms with Crippen molar-refractivity contribution in [3.63, 3.8) is 0 Å². The van der Waals surface area contributed by atoms with E-state index in [1.54, 1.807) is 19.1 Å². The zero-order valence-corrected chi connectivity index (χ0v) is 20.1. The molecule has 178 valence electrons. The summed E-state index contributed by atoms with van der Waals surface area (Å²) in [4.78, 5) is 23.4. The van der Waals surface area contributed by atoms with Crippen LogP contribution in [0.4, 0.5) is 11.4 Å². The van der Waals surface area contributed by atoms with Gasteiger partial charge in [0.25, 0.3) is 11.6 Å². The molecule has 0 radical (unpaired) electrons. The first kappa shape index (κ1) is 25.3. The zero-order chi connectivity index (χ0) is 25.5. The Morgan fingerprint density at radius 2 is 1.94 bits per heavy atom. The number of nitrogens with zero attached hydrogens (tertiary/aromatic N) is 2. The first-order chi connectivity index (χ1) is 16.7. The second-order valence-corrected chi connectivity index (χ2v) is 8.06. The van der Waals surface area contributed by atoms with Crippen molar-refractivity contribution in [3.8, 4) is 17.6 Å². The number of carbonyl (C=O) groups excluding carboxylic acids is 1. The van der Waals surface area contributed by atoms with Crippen LogP contribution in [0.2, 0.25) is 5.02 Å². The topological polar surface area (TPSA) is 114 Å². The molecule has 0 fully saturated rings. The van der Waals surface area contributed by atoms with E-state index in [-0.39, 0.29) is 28.6 Å². The molecule has 3 rings (SSSR count). The molecule has 0 bridgehead atoms. The van der Waals surface area contributed by atoms with Gasteiger partial charge >= 0.3 is 0 Å². The fourth-order valence-corrected chi connectivity index (χ4v) is 3.56. The van der Waals surface area contributed by atoms with Gasteiger partial charge in [0.1, 0.15) is 23.9 Å². The lowest BCUT2D eigenvalue weighted by Crippen LogP contribution is -2.14. The van der Waals surface area contributed by atoms with E-state index in [0.717, 1.165) is 11.1 Å². The molecule has 8 nitrogen and oxygen atoms in total. The van der Waals surface area contributed by atoms with Crippen LogP contribution in [0.1, 0.15) is 22.3 Å². The fourth-order valence-electron chi connectivity index (χ4n) is 3.29. The second kappa shape index (κ2) is 11.2. The molecular formula is C26H22ClN3O5. The molecule has 0 spiro atoms. The summed E-state index contributed by atoms with van der Waals surface area (Å²) in [6.07, 6.45) is 1.31. The fraction of sp³-hybridized carbons (Fsp3) is 0.154. The molecule has 0 saturated carbocycles. The number of nitrogens with one attached hydrogen (secondary N) is 1. The summed E-state index contributed by atoms with van der Waals surface area (Å²) in [5, 5.41) is 23.5. The molecule has 1 N–H and O–H groups in total. The number of benzene rings is 3. The van der Waals surface area contributed by atoms with Crippen molar-refractivity contribution < 1.29 is 19.2 Å². The standard InChI is InChI=1S/C26H22ClN3O5/c1-16-8-9-22(23(10-16)30(32)33)29-26(31)20(14-28)11-18-12-21(27)25(24(13-18)34-3)35-15-19-7-5-4-6-17(19)2/h4-13H,15H2,1-3H3,(H,29,31)/b20-11+. The number of hydrogen-bond donors (Lipinski definition) is 1. The Hall–Kier alpha value is -4.35. The van der Waals surface area contributed by atoms with E-state index in [2.05, 4.69) is 5.32 Å². The van der Waals surface area contributed by atoms with Crippen molar-refractivity contribution in [2.75, 3.05) is 12.4 Å². The average molecular weight is 492 g/mol. The Labute approximate surface area is 207 Å². The Morgan fingerprint density at radius 1 is 1.20 bits per heavy atom. The molecular weight excluding hydrogens is 470 g/mol. The molecule has 0 saturated heterocycles. The van der Waals surface area contributed by atoms with Crippen LogP contribution < -0.4 is 14.8 Å². The van der Waals surface area contributed by atoms with E-state index in [1.807, 2.05) is 37.3 Å². The third-order valence-electron chi connectivity index (χ3n) is 5.16. The maximum Gasteiger partial charge on any atom is 0.293 e. The van der Waals surface area contributed by atoms with Gasteiger partial charge < -0.3 is 14.8 Å². The van der Waals surface area contributed by atoms with Crippen LogP contribution >= 0.6 is 11.6 Å². The molecule has 0 unspecified atom stereocenters. The number of methoxy groups -OCH3 is 1. The van der Waals surface area contributed by atoms with Crippen molar-refractivity contribution in [1.82, 2.24) is 0 Å². The van der Waals surface area contributed by atoms with Gasteiger partial charge in [0, 0.05) is 6.07 Å². The van der Waals surface area contributed by atoms with E-state index >= 15 is 0 Å². The number of rotatable bonds is 8. The highest BCUT2D eigenvalue weighted by atomic mass is 35.5. The largest absolute Gasteiger partial charge is 0.493 e. The summed E-state index contributed by atoms with van der Waals surface area (Å²) in [6.45, 7) is 3.95. The SMILES string of the molecule is COc1cc(/C=C(\C#N)C(=O)Nc2ccc(C)cc2[N+](=O)[O-])cc(Cl)c1OCc1ccccc1C. The molecule has 0 heterocycles. The number of nitro groups is 1. The smallest absolute Gasteiger partial charge is 0.293 e. The highest BCUT2D eigenvalue weighted by Crippen LogP contribution is 2.38. The minimum absolute atomic E-state index is 0.0117. The van der Waals surface area contributed by atoms with Gasteiger partial charge in [-0.2, -0.15) is 5.26 Å². The Kier molecular flexibility index (Phi) is 8.08. The van der Waals surface area contributed by atoms with Crippen LogP contribution in [0.3, 0.4) is 0 Å².